The van der Waals surface area contributed by atoms with Crippen LogP contribution in [0.25, 0.3) is 0 Å². The van der Waals surface area contributed by atoms with Crippen molar-refractivity contribution in [3.63, 3.8) is 0 Å². The number of amides is 1. The number of hydrogen-bond donors (Lipinski definition) is 3. The van der Waals surface area contributed by atoms with Crippen LogP contribution in [-0.4, -0.2) is 29.7 Å². The molecule has 0 aliphatic rings. The molecular formula is C18H30N2O2. The van der Waals surface area contributed by atoms with Gasteiger partial charge in [0.15, 0.2) is 0 Å². The average molecular weight is 306 g/mol. The van der Waals surface area contributed by atoms with Crippen LogP contribution in [0.3, 0.4) is 0 Å². The molecule has 4 nitrogen and oxygen atoms in total. The lowest BCUT2D eigenvalue weighted by Gasteiger charge is -2.22. The fourth-order valence-electron chi connectivity index (χ4n) is 2.25. The van der Waals surface area contributed by atoms with Gasteiger partial charge in [0.05, 0.1) is 0 Å². The third kappa shape index (κ3) is 5.02. The zero-order chi connectivity index (χ0) is 16.7. The number of carbonyl (C=O) groups excluding carboxylic acids is 1. The number of rotatable bonds is 8. The molecule has 0 heterocycles. The number of hydrogen-bond acceptors (Lipinski definition) is 3. The predicted molar refractivity (Wildman–Crippen MR) is 92.3 cm³/mol. The molecule has 1 aromatic carbocycles. The van der Waals surface area contributed by atoms with Crippen LogP contribution in [0.2, 0.25) is 0 Å². The lowest BCUT2D eigenvalue weighted by atomic mass is 10.0. The first kappa shape index (κ1) is 18.5. The quantitative estimate of drug-likeness (QED) is 0.690. The van der Waals surface area contributed by atoms with Crippen LogP contribution < -0.4 is 10.6 Å². The number of nitrogens with one attached hydrogen (secondary N) is 2. The van der Waals surface area contributed by atoms with Gasteiger partial charge in [0, 0.05) is 29.9 Å². The standard InChI is InChI=1S/C18H30N2O2/c1-6-15(10-11-21)20-18(22)16-8-7-9-17(13(16)4)19-14(5)12(2)3/h7-9,12,14-15,19,21H,6,10-11H2,1-5H3,(H,20,22). The number of aliphatic hydroxyl groups is 1. The highest BCUT2D eigenvalue weighted by Gasteiger charge is 2.16. The Kier molecular flexibility index (Phi) is 7.39. The van der Waals surface area contributed by atoms with Crippen molar-refractivity contribution in [1.82, 2.24) is 5.32 Å². The minimum atomic E-state index is -0.0707. The lowest BCUT2D eigenvalue weighted by Crippen LogP contribution is -2.35. The van der Waals surface area contributed by atoms with Gasteiger partial charge >= 0.3 is 0 Å². The average Bonchev–Trinajstić information content (AvgIpc) is 2.48. The first-order valence-electron chi connectivity index (χ1n) is 8.18. The molecule has 0 aliphatic carbocycles. The summed E-state index contributed by atoms with van der Waals surface area (Å²) >= 11 is 0. The Labute approximate surface area is 134 Å². The number of carbonyl (C=O) groups is 1. The first-order chi connectivity index (χ1) is 10.4. The number of aliphatic hydroxyl groups excluding tert-OH is 1. The van der Waals surface area contributed by atoms with E-state index in [1.54, 1.807) is 0 Å². The summed E-state index contributed by atoms with van der Waals surface area (Å²) in [6, 6.07) is 6.12. The summed E-state index contributed by atoms with van der Waals surface area (Å²) in [4.78, 5) is 12.5. The molecule has 3 N–H and O–H groups in total. The van der Waals surface area contributed by atoms with Crippen molar-refractivity contribution in [1.29, 1.82) is 0 Å². The third-order valence-electron chi connectivity index (χ3n) is 4.27. The van der Waals surface area contributed by atoms with Gasteiger partial charge in [-0.25, -0.2) is 0 Å². The van der Waals surface area contributed by atoms with E-state index in [4.69, 9.17) is 5.11 Å². The van der Waals surface area contributed by atoms with E-state index in [1.807, 2.05) is 32.0 Å². The molecule has 4 heteroatoms. The molecule has 124 valence electrons. The van der Waals surface area contributed by atoms with Crippen LogP contribution in [0.15, 0.2) is 18.2 Å². The molecule has 1 aromatic rings. The number of benzene rings is 1. The second-order valence-electron chi connectivity index (χ2n) is 6.25. The van der Waals surface area contributed by atoms with Crippen molar-refractivity contribution in [2.75, 3.05) is 11.9 Å². The fraction of sp³-hybridized carbons (Fsp3) is 0.611. The van der Waals surface area contributed by atoms with Crippen molar-refractivity contribution in [2.45, 2.75) is 59.5 Å². The molecule has 1 rings (SSSR count). The Morgan fingerprint density at radius 3 is 2.50 bits per heavy atom. The largest absolute Gasteiger partial charge is 0.396 e. The molecule has 0 fully saturated rings. The molecule has 0 aromatic heterocycles. The highest BCUT2D eigenvalue weighted by molar-refractivity contribution is 5.97. The Bertz CT molecular complexity index is 486. The van der Waals surface area contributed by atoms with Crippen molar-refractivity contribution in [3.8, 4) is 0 Å². The molecule has 0 radical (unpaired) electrons. The highest BCUT2D eigenvalue weighted by atomic mass is 16.3. The Morgan fingerprint density at radius 1 is 1.27 bits per heavy atom. The van der Waals surface area contributed by atoms with Crippen molar-refractivity contribution in [3.05, 3.63) is 29.3 Å². The second-order valence-corrected chi connectivity index (χ2v) is 6.25. The van der Waals surface area contributed by atoms with Gasteiger partial charge in [-0.3, -0.25) is 4.79 Å². The maximum atomic E-state index is 12.5. The SMILES string of the molecule is CCC(CCO)NC(=O)c1cccc(NC(C)C(C)C)c1C. The van der Waals surface area contributed by atoms with Gasteiger partial charge in [0.2, 0.25) is 0 Å². The normalized spacial score (nSPS) is 13.8. The zero-order valence-corrected chi connectivity index (χ0v) is 14.4. The van der Waals surface area contributed by atoms with Crippen LogP contribution >= 0.6 is 0 Å². The molecule has 2 unspecified atom stereocenters. The van der Waals surface area contributed by atoms with Gasteiger partial charge in [-0.2, -0.15) is 0 Å². The van der Waals surface area contributed by atoms with E-state index in [2.05, 4.69) is 31.4 Å². The van der Waals surface area contributed by atoms with E-state index in [0.717, 1.165) is 17.7 Å². The lowest BCUT2D eigenvalue weighted by molar-refractivity contribution is 0.0928. The predicted octanol–water partition coefficient (Wildman–Crippen LogP) is 3.34. The Balaban J connectivity index is 2.89. The molecule has 0 aliphatic heterocycles. The van der Waals surface area contributed by atoms with E-state index in [-0.39, 0.29) is 18.6 Å². The fourth-order valence-corrected chi connectivity index (χ4v) is 2.25. The van der Waals surface area contributed by atoms with Crippen LogP contribution in [0, 0.1) is 12.8 Å². The first-order valence-corrected chi connectivity index (χ1v) is 8.18. The summed E-state index contributed by atoms with van der Waals surface area (Å²) in [6.45, 7) is 10.6. The van der Waals surface area contributed by atoms with E-state index in [9.17, 15) is 4.79 Å². The van der Waals surface area contributed by atoms with Gasteiger partial charge in [-0.1, -0.05) is 26.8 Å². The van der Waals surface area contributed by atoms with Gasteiger partial charge in [-0.15, -0.1) is 0 Å². The molecule has 0 spiro atoms. The van der Waals surface area contributed by atoms with Gasteiger partial charge < -0.3 is 15.7 Å². The Morgan fingerprint density at radius 2 is 1.95 bits per heavy atom. The molecule has 22 heavy (non-hydrogen) atoms. The van der Waals surface area contributed by atoms with Gasteiger partial charge in [-0.05, 0) is 50.3 Å². The zero-order valence-electron chi connectivity index (χ0n) is 14.4. The molecule has 1 amide bonds. The van der Waals surface area contributed by atoms with Gasteiger partial charge in [0.1, 0.15) is 0 Å². The molecular weight excluding hydrogens is 276 g/mol. The van der Waals surface area contributed by atoms with Crippen molar-refractivity contribution < 1.29 is 9.90 Å². The summed E-state index contributed by atoms with van der Waals surface area (Å²) in [5, 5.41) is 15.5. The molecule has 0 bridgehead atoms. The minimum absolute atomic E-state index is 0.0168. The van der Waals surface area contributed by atoms with E-state index < -0.39 is 0 Å². The van der Waals surface area contributed by atoms with Crippen LogP contribution in [0.1, 0.15) is 56.5 Å². The maximum Gasteiger partial charge on any atom is 0.251 e. The third-order valence-corrected chi connectivity index (χ3v) is 4.27. The molecule has 0 saturated heterocycles. The monoisotopic (exact) mass is 306 g/mol. The maximum absolute atomic E-state index is 12.5. The smallest absolute Gasteiger partial charge is 0.251 e. The minimum Gasteiger partial charge on any atom is -0.396 e. The van der Waals surface area contributed by atoms with E-state index in [1.165, 1.54) is 0 Å². The second kappa shape index (κ2) is 8.79. The molecule has 2 atom stereocenters. The van der Waals surface area contributed by atoms with Crippen LogP contribution in [0.4, 0.5) is 5.69 Å². The van der Waals surface area contributed by atoms with E-state index in [0.29, 0.717) is 23.9 Å². The van der Waals surface area contributed by atoms with Crippen molar-refractivity contribution in [2.24, 2.45) is 5.92 Å². The topological polar surface area (TPSA) is 61.4 Å². The summed E-state index contributed by atoms with van der Waals surface area (Å²) in [5.74, 6) is 0.449. The Hall–Kier alpha value is -1.55. The van der Waals surface area contributed by atoms with Crippen LogP contribution in [0.5, 0.6) is 0 Å². The summed E-state index contributed by atoms with van der Waals surface area (Å²) < 4.78 is 0. The molecule has 0 saturated carbocycles. The number of anilines is 1. The summed E-state index contributed by atoms with van der Waals surface area (Å²) in [5.41, 5.74) is 2.66. The van der Waals surface area contributed by atoms with E-state index >= 15 is 0 Å². The highest BCUT2D eigenvalue weighted by Crippen LogP contribution is 2.21. The summed E-state index contributed by atoms with van der Waals surface area (Å²) in [7, 11) is 0. The van der Waals surface area contributed by atoms with Crippen LogP contribution in [-0.2, 0) is 0 Å². The summed E-state index contributed by atoms with van der Waals surface area (Å²) in [6.07, 6.45) is 1.40. The van der Waals surface area contributed by atoms with Crippen molar-refractivity contribution >= 4 is 11.6 Å². The van der Waals surface area contributed by atoms with Gasteiger partial charge in [0.25, 0.3) is 5.91 Å².